The Morgan fingerprint density at radius 2 is 2.08 bits per heavy atom. The van der Waals surface area contributed by atoms with Gasteiger partial charge in [-0.15, -0.1) is 0 Å². The van der Waals surface area contributed by atoms with Crippen molar-refractivity contribution in [2.75, 3.05) is 19.6 Å². The number of hydrogen-bond donors (Lipinski definition) is 3. The molecule has 0 aromatic carbocycles. The number of amides is 2. The maximum atomic E-state index is 11.0. The molecule has 74 valence electrons. The number of aliphatic hydroxyl groups is 1. The third kappa shape index (κ3) is 3.39. The van der Waals surface area contributed by atoms with Crippen LogP contribution in [-0.4, -0.2) is 47.6 Å². The van der Waals surface area contributed by atoms with Gasteiger partial charge in [0.2, 0.25) is 5.91 Å². The number of carbonyl (C=O) groups is 2. The van der Waals surface area contributed by atoms with Crippen LogP contribution in [0, 0.1) is 0 Å². The quantitative estimate of drug-likeness (QED) is 0.430. The van der Waals surface area contributed by atoms with Gasteiger partial charge < -0.3 is 5.11 Å². The van der Waals surface area contributed by atoms with Gasteiger partial charge in [-0.3, -0.25) is 25.3 Å². The fraction of sp³-hybridized carbons (Fsp3) is 0.714. The zero-order valence-electron chi connectivity index (χ0n) is 7.41. The standard InChI is InChI=1S/C7H13N3O3/c1-5(11)8-9-7(13)4-10-2-6(12)3-10/h6,12H,2-4H2,1H3,(H,8,11)(H,9,13). The molecule has 2 amide bonds. The number of aliphatic hydroxyl groups excluding tert-OH is 1. The Kier molecular flexibility index (Phi) is 3.21. The Morgan fingerprint density at radius 1 is 1.46 bits per heavy atom. The van der Waals surface area contributed by atoms with Crippen LogP contribution in [0.15, 0.2) is 0 Å². The SMILES string of the molecule is CC(=O)NNC(=O)CN1CC(O)C1. The molecule has 1 aliphatic heterocycles. The predicted molar refractivity (Wildman–Crippen MR) is 44.4 cm³/mol. The molecule has 0 aromatic rings. The number of rotatable bonds is 2. The number of nitrogens with zero attached hydrogens (tertiary/aromatic N) is 1. The zero-order valence-corrected chi connectivity index (χ0v) is 7.41. The summed E-state index contributed by atoms with van der Waals surface area (Å²) in [7, 11) is 0. The topological polar surface area (TPSA) is 81.7 Å². The van der Waals surface area contributed by atoms with E-state index in [0.717, 1.165) is 0 Å². The third-order valence-electron chi connectivity index (χ3n) is 1.68. The summed E-state index contributed by atoms with van der Waals surface area (Å²) in [5.74, 6) is -0.584. The molecule has 1 saturated heterocycles. The van der Waals surface area contributed by atoms with Gasteiger partial charge in [0, 0.05) is 20.0 Å². The molecule has 0 spiro atoms. The molecule has 0 atom stereocenters. The maximum Gasteiger partial charge on any atom is 0.252 e. The molecule has 13 heavy (non-hydrogen) atoms. The van der Waals surface area contributed by atoms with E-state index in [0.29, 0.717) is 13.1 Å². The molecule has 1 rings (SSSR count). The van der Waals surface area contributed by atoms with Crippen molar-refractivity contribution in [2.45, 2.75) is 13.0 Å². The second-order valence-corrected chi connectivity index (χ2v) is 3.08. The summed E-state index contributed by atoms with van der Waals surface area (Å²) in [4.78, 5) is 23.2. The Morgan fingerprint density at radius 3 is 2.54 bits per heavy atom. The smallest absolute Gasteiger partial charge is 0.252 e. The van der Waals surface area contributed by atoms with Crippen molar-refractivity contribution >= 4 is 11.8 Å². The van der Waals surface area contributed by atoms with E-state index in [1.54, 1.807) is 4.90 Å². The van der Waals surface area contributed by atoms with Gasteiger partial charge >= 0.3 is 0 Å². The molecule has 0 saturated carbocycles. The lowest BCUT2D eigenvalue weighted by Gasteiger charge is -2.34. The largest absolute Gasteiger partial charge is 0.390 e. The Balaban J connectivity index is 2.08. The van der Waals surface area contributed by atoms with Crippen LogP contribution >= 0.6 is 0 Å². The Hall–Kier alpha value is -1.14. The van der Waals surface area contributed by atoms with Gasteiger partial charge in [0.05, 0.1) is 12.6 Å². The van der Waals surface area contributed by atoms with Crippen molar-refractivity contribution in [3.05, 3.63) is 0 Å². The minimum atomic E-state index is -0.312. The second kappa shape index (κ2) is 4.20. The average molecular weight is 187 g/mol. The fourth-order valence-electron chi connectivity index (χ4n) is 1.07. The first-order valence-corrected chi connectivity index (χ1v) is 4.04. The molecule has 0 aliphatic carbocycles. The van der Waals surface area contributed by atoms with Crippen molar-refractivity contribution in [2.24, 2.45) is 0 Å². The highest BCUT2D eigenvalue weighted by molar-refractivity contribution is 5.82. The van der Waals surface area contributed by atoms with Gasteiger partial charge in [-0.1, -0.05) is 0 Å². The van der Waals surface area contributed by atoms with E-state index in [1.165, 1.54) is 6.92 Å². The summed E-state index contributed by atoms with van der Waals surface area (Å²) in [5, 5.41) is 8.91. The lowest BCUT2D eigenvalue weighted by molar-refractivity contribution is -0.130. The van der Waals surface area contributed by atoms with E-state index < -0.39 is 0 Å². The first-order valence-electron chi connectivity index (χ1n) is 4.04. The molecule has 0 radical (unpaired) electrons. The molecule has 6 heteroatoms. The molecule has 3 N–H and O–H groups in total. The number of nitrogens with one attached hydrogen (secondary N) is 2. The van der Waals surface area contributed by atoms with E-state index in [-0.39, 0.29) is 24.5 Å². The summed E-state index contributed by atoms with van der Waals surface area (Å²) >= 11 is 0. The van der Waals surface area contributed by atoms with Crippen LogP contribution in [0.4, 0.5) is 0 Å². The second-order valence-electron chi connectivity index (χ2n) is 3.08. The predicted octanol–water partition coefficient (Wildman–Crippen LogP) is -2.17. The summed E-state index contributed by atoms with van der Waals surface area (Å²) in [6.45, 7) is 2.56. The molecular formula is C7H13N3O3. The Bertz CT molecular complexity index is 213. The van der Waals surface area contributed by atoms with Crippen LogP contribution < -0.4 is 10.9 Å². The van der Waals surface area contributed by atoms with Gasteiger partial charge in [0.15, 0.2) is 0 Å². The number of likely N-dealkylation sites (tertiary alicyclic amines) is 1. The summed E-state index contributed by atoms with van der Waals surface area (Å²) in [5.41, 5.74) is 4.42. The molecule has 1 heterocycles. The summed E-state index contributed by atoms with van der Waals surface area (Å²) in [6, 6.07) is 0. The van der Waals surface area contributed by atoms with Crippen LogP contribution in [0.3, 0.4) is 0 Å². The summed E-state index contributed by atoms with van der Waals surface area (Å²) < 4.78 is 0. The van der Waals surface area contributed by atoms with Gasteiger partial charge in [0.1, 0.15) is 0 Å². The van der Waals surface area contributed by atoms with E-state index in [2.05, 4.69) is 10.9 Å². The number of β-amino-alcohol motifs (C(OH)–C–C–N with tert-alkyl or cyclic N) is 1. The van der Waals surface area contributed by atoms with E-state index >= 15 is 0 Å². The average Bonchev–Trinajstić information content (AvgIpc) is 1.98. The lowest BCUT2D eigenvalue weighted by atomic mass is 10.2. The molecule has 0 bridgehead atoms. The minimum Gasteiger partial charge on any atom is -0.390 e. The van der Waals surface area contributed by atoms with Crippen LogP contribution in [-0.2, 0) is 9.59 Å². The Labute approximate surface area is 75.9 Å². The first kappa shape index (κ1) is 9.94. The highest BCUT2D eigenvalue weighted by Gasteiger charge is 2.25. The van der Waals surface area contributed by atoms with Crippen LogP contribution in [0.2, 0.25) is 0 Å². The number of carbonyl (C=O) groups excluding carboxylic acids is 2. The maximum absolute atomic E-state index is 11.0. The lowest BCUT2D eigenvalue weighted by Crippen LogP contribution is -2.55. The molecule has 0 aromatic heterocycles. The highest BCUT2D eigenvalue weighted by atomic mass is 16.3. The summed E-state index contributed by atoms with van der Waals surface area (Å²) in [6.07, 6.45) is -0.312. The van der Waals surface area contributed by atoms with E-state index in [4.69, 9.17) is 5.11 Å². The van der Waals surface area contributed by atoms with E-state index in [9.17, 15) is 9.59 Å². The monoisotopic (exact) mass is 187 g/mol. The third-order valence-corrected chi connectivity index (χ3v) is 1.68. The zero-order chi connectivity index (χ0) is 9.84. The molecule has 6 nitrogen and oxygen atoms in total. The highest BCUT2D eigenvalue weighted by Crippen LogP contribution is 2.04. The van der Waals surface area contributed by atoms with Crippen molar-refractivity contribution < 1.29 is 14.7 Å². The van der Waals surface area contributed by atoms with Crippen LogP contribution in [0.25, 0.3) is 0 Å². The molecule has 1 fully saturated rings. The van der Waals surface area contributed by atoms with Crippen LogP contribution in [0.5, 0.6) is 0 Å². The van der Waals surface area contributed by atoms with Crippen molar-refractivity contribution in [1.29, 1.82) is 0 Å². The van der Waals surface area contributed by atoms with Gasteiger partial charge in [-0.25, -0.2) is 0 Å². The number of hydrazine groups is 1. The van der Waals surface area contributed by atoms with Crippen molar-refractivity contribution in [1.82, 2.24) is 15.8 Å². The van der Waals surface area contributed by atoms with Crippen LogP contribution in [0.1, 0.15) is 6.92 Å². The fourth-order valence-corrected chi connectivity index (χ4v) is 1.07. The van der Waals surface area contributed by atoms with Crippen molar-refractivity contribution in [3.63, 3.8) is 0 Å². The molecule has 1 aliphatic rings. The first-order chi connectivity index (χ1) is 6.08. The van der Waals surface area contributed by atoms with Gasteiger partial charge in [0.25, 0.3) is 5.91 Å². The minimum absolute atomic E-state index is 0.206. The van der Waals surface area contributed by atoms with Gasteiger partial charge in [-0.05, 0) is 0 Å². The normalized spacial score (nSPS) is 17.7. The van der Waals surface area contributed by atoms with Gasteiger partial charge in [-0.2, -0.15) is 0 Å². The molecular weight excluding hydrogens is 174 g/mol. The van der Waals surface area contributed by atoms with E-state index in [1.807, 2.05) is 0 Å². The number of hydrogen-bond acceptors (Lipinski definition) is 4. The van der Waals surface area contributed by atoms with Crippen molar-refractivity contribution in [3.8, 4) is 0 Å². The molecule has 0 unspecified atom stereocenters.